The molecule has 1 heterocycles. The third kappa shape index (κ3) is 2.93. The molecule has 3 rings (SSSR count). The van der Waals surface area contributed by atoms with Gasteiger partial charge < -0.3 is 5.32 Å². The summed E-state index contributed by atoms with van der Waals surface area (Å²) in [4.78, 5) is 16.4. The Labute approximate surface area is 133 Å². The van der Waals surface area contributed by atoms with E-state index in [2.05, 4.69) is 10.3 Å². The fourth-order valence-electron chi connectivity index (χ4n) is 1.94. The van der Waals surface area contributed by atoms with Crippen LogP contribution in [0.2, 0.25) is 5.02 Å². The maximum absolute atomic E-state index is 13.2. The molecule has 3 nitrogen and oxygen atoms in total. The van der Waals surface area contributed by atoms with Crippen molar-refractivity contribution in [3.05, 3.63) is 63.6 Å². The molecule has 0 aliphatic heterocycles. The van der Waals surface area contributed by atoms with Crippen molar-refractivity contribution in [1.82, 2.24) is 10.3 Å². The van der Waals surface area contributed by atoms with E-state index < -0.39 is 17.5 Å². The number of thiazole rings is 1. The number of fused-ring (bicyclic) bond motifs is 1. The van der Waals surface area contributed by atoms with Crippen molar-refractivity contribution in [3.8, 4) is 0 Å². The first kappa shape index (κ1) is 14.9. The number of nitrogens with zero attached hydrogens (tertiary/aromatic N) is 1. The van der Waals surface area contributed by atoms with E-state index in [4.69, 9.17) is 11.6 Å². The lowest BCUT2D eigenvalue weighted by molar-refractivity contribution is 0.0950. The number of halogens is 3. The molecule has 0 spiro atoms. The zero-order chi connectivity index (χ0) is 15.7. The average Bonchev–Trinajstić information content (AvgIpc) is 2.91. The molecule has 3 aromatic rings. The molecule has 0 saturated heterocycles. The van der Waals surface area contributed by atoms with Crippen LogP contribution in [0.25, 0.3) is 10.2 Å². The number of aromatic nitrogens is 1. The molecule has 7 heteroatoms. The second-order valence-corrected chi connectivity index (χ2v) is 6.03. The molecule has 0 fully saturated rings. The molecule has 2 aromatic carbocycles. The van der Waals surface area contributed by atoms with Crippen LogP contribution >= 0.6 is 22.9 Å². The molecule has 0 radical (unpaired) electrons. The standard InChI is InChI=1S/C15H9ClF2N2OS/c16-9-6-11(18)10(17)5-8(9)15(21)19-7-14-20-12-3-1-2-4-13(12)22-14/h1-6H,7H2,(H,19,21). The van der Waals surface area contributed by atoms with Gasteiger partial charge in [-0.1, -0.05) is 23.7 Å². The van der Waals surface area contributed by atoms with Gasteiger partial charge in [-0.2, -0.15) is 0 Å². The normalized spacial score (nSPS) is 10.9. The number of benzene rings is 2. The lowest BCUT2D eigenvalue weighted by Gasteiger charge is -2.06. The lowest BCUT2D eigenvalue weighted by atomic mass is 10.2. The zero-order valence-electron chi connectivity index (χ0n) is 11.1. The van der Waals surface area contributed by atoms with Gasteiger partial charge in [-0.05, 0) is 24.3 Å². The fraction of sp³-hybridized carbons (Fsp3) is 0.0667. The first-order valence-electron chi connectivity index (χ1n) is 6.32. The van der Waals surface area contributed by atoms with Crippen LogP contribution in [0.5, 0.6) is 0 Å². The van der Waals surface area contributed by atoms with Crippen LogP contribution in [0.4, 0.5) is 8.78 Å². The highest BCUT2D eigenvalue weighted by molar-refractivity contribution is 7.18. The van der Waals surface area contributed by atoms with E-state index in [1.165, 1.54) is 11.3 Å². The average molecular weight is 339 g/mol. The third-order valence-corrected chi connectivity index (χ3v) is 4.34. The Hall–Kier alpha value is -2.05. The van der Waals surface area contributed by atoms with Crippen molar-refractivity contribution < 1.29 is 13.6 Å². The van der Waals surface area contributed by atoms with Crippen molar-refractivity contribution in [1.29, 1.82) is 0 Å². The molecule has 22 heavy (non-hydrogen) atoms. The number of carbonyl (C=O) groups is 1. The summed E-state index contributed by atoms with van der Waals surface area (Å²) >= 11 is 7.21. The third-order valence-electron chi connectivity index (χ3n) is 2.99. The number of para-hydroxylation sites is 1. The van der Waals surface area contributed by atoms with Gasteiger partial charge in [0.2, 0.25) is 0 Å². The summed E-state index contributed by atoms with van der Waals surface area (Å²) in [5.74, 6) is -2.79. The van der Waals surface area contributed by atoms with Gasteiger partial charge in [0.1, 0.15) is 5.01 Å². The second kappa shape index (κ2) is 5.98. The molecule has 1 N–H and O–H groups in total. The monoisotopic (exact) mass is 338 g/mol. The molecule has 0 atom stereocenters. The number of hydrogen-bond donors (Lipinski definition) is 1. The highest BCUT2D eigenvalue weighted by Gasteiger charge is 2.15. The number of nitrogens with one attached hydrogen (secondary N) is 1. The second-order valence-electron chi connectivity index (χ2n) is 4.50. The summed E-state index contributed by atoms with van der Waals surface area (Å²) in [5, 5.41) is 3.18. The van der Waals surface area contributed by atoms with Crippen molar-refractivity contribution in [3.63, 3.8) is 0 Å². The fourth-order valence-corrected chi connectivity index (χ4v) is 3.09. The number of amides is 1. The van der Waals surface area contributed by atoms with Crippen molar-refractivity contribution in [2.24, 2.45) is 0 Å². The summed E-state index contributed by atoms with van der Waals surface area (Å²) < 4.78 is 27.2. The van der Waals surface area contributed by atoms with Crippen molar-refractivity contribution in [2.75, 3.05) is 0 Å². The molecule has 1 amide bonds. The van der Waals surface area contributed by atoms with E-state index in [1.807, 2.05) is 24.3 Å². The smallest absolute Gasteiger partial charge is 0.253 e. The molecule has 1 aromatic heterocycles. The van der Waals surface area contributed by atoms with Gasteiger partial charge in [0.25, 0.3) is 5.91 Å². The van der Waals surface area contributed by atoms with Gasteiger partial charge in [-0.25, -0.2) is 13.8 Å². The maximum Gasteiger partial charge on any atom is 0.253 e. The minimum atomic E-state index is -1.12. The van der Waals surface area contributed by atoms with Crippen molar-refractivity contribution in [2.45, 2.75) is 6.54 Å². The topological polar surface area (TPSA) is 42.0 Å². The Balaban J connectivity index is 1.76. The quantitative estimate of drug-likeness (QED) is 0.729. The van der Waals surface area contributed by atoms with Crippen LogP contribution in [0, 0.1) is 11.6 Å². The number of rotatable bonds is 3. The highest BCUT2D eigenvalue weighted by Crippen LogP contribution is 2.22. The molecule has 0 bridgehead atoms. The summed E-state index contributed by atoms with van der Waals surface area (Å²) in [6.07, 6.45) is 0. The molecule has 0 aliphatic carbocycles. The minimum absolute atomic E-state index is 0.110. The van der Waals surface area contributed by atoms with Gasteiger partial charge in [-0.3, -0.25) is 4.79 Å². The zero-order valence-corrected chi connectivity index (χ0v) is 12.6. The first-order valence-corrected chi connectivity index (χ1v) is 7.51. The van der Waals surface area contributed by atoms with Gasteiger partial charge in [-0.15, -0.1) is 11.3 Å². The molecule has 0 aliphatic rings. The lowest BCUT2D eigenvalue weighted by Crippen LogP contribution is -2.23. The van der Waals surface area contributed by atoms with E-state index in [0.29, 0.717) is 5.01 Å². The van der Waals surface area contributed by atoms with E-state index in [1.54, 1.807) is 0 Å². The summed E-state index contributed by atoms with van der Waals surface area (Å²) in [5.41, 5.74) is 0.740. The molecular weight excluding hydrogens is 330 g/mol. The Kier molecular flexibility index (Phi) is 4.04. The van der Waals surface area contributed by atoms with Gasteiger partial charge in [0.05, 0.1) is 27.3 Å². The number of hydrogen-bond acceptors (Lipinski definition) is 3. The minimum Gasteiger partial charge on any atom is -0.345 e. The van der Waals surface area contributed by atoms with E-state index in [9.17, 15) is 13.6 Å². The van der Waals surface area contributed by atoms with Gasteiger partial charge in [0, 0.05) is 0 Å². The van der Waals surface area contributed by atoms with Gasteiger partial charge in [0.15, 0.2) is 11.6 Å². The SMILES string of the molecule is O=C(NCc1nc2ccccc2s1)c1cc(F)c(F)cc1Cl. The molecule has 0 unspecified atom stereocenters. The highest BCUT2D eigenvalue weighted by atomic mass is 35.5. The van der Waals surface area contributed by atoms with Gasteiger partial charge >= 0.3 is 0 Å². The van der Waals surface area contributed by atoms with Crippen LogP contribution < -0.4 is 5.32 Å². The summed E-state index contributed by atoms with van der Waals surface area (Å²) in [6, 6.07) is 9.16. The van der Waals surface area contributed by atoms with Crippen LogP contribution in [0.1, 0.15) is 15.4 Å². The van der Waals surface area contributed by atoms with Crippen LogP contribution in [0.3, 0.4) is 0 Å². The maximum atomic E-state index is 13.2. The predicted molar refractivity (Wildman–Crippen MR) is 82.2 cm³/mol. The Morgan fingerprint density at radius 2 is 1.95 bits per heavy atom. The van der Waals surface area contributed by atoms with Crippen LogP contribution in [0.15, 0.2) is 36.4 Å². The van der Waals surface area contributed by atoms with Crippen LogP contribution in [-0.4, -0.2) is 10.9 Å². The largest absolute Gasteiger partial charge is 0.345 e. The van der Waals surface area contributed by atoms with Crippen LogP contribution in [-0.2, 0) is 6.54 Å². The first-order chi connectivity index (χ1) is 10.5. The van der Waals surface area contributed by atoms with Crippen molar-refractivity contribution >= 4 is 39.1 Å². The predicted octanol–water partition coefficient (Wildman–Crippen LogP) is 4.16. The Morgan fingerprint density at radius 3 is 2.73 bits per heavy atom. The number of carbonyl (C=O) groups excluding carboxylic acids is 1. The molecule has 0 saturated carbocycles. The molecule has 112 valence electrons. The Bertz CT molecular complexity index is 833. The molecular formula is C15H9ClF2N2OS. The van der Waals surface area contributed by atoms with E-state index in [0.717, 1.165) is 22.3 Å². The van der Waals surface area contributed by atoms with E-state index in [-0.39, 0.29) is 17.1 Å². The Morgan fingerprint density at radius 1 is 1.23 bits per heavy atom. The summed E-state index contributed by atoms with van der Waals surface area (Å²) in [6.45, 7) is 0.188. The van der Waals surface area contributed by atoms with E-state index >= 15 is 0 Å². The summed E-state index contributed by atoms with van der Waals surface area (Å²) in [7, 11) is 0.